The minimum atomic E-state index is -4.42. The molecular weight excluding hydrogens is 301 g/mol. The maximum Gasteiger partial charge on any atom is 0.416 e. The lowest BCUT2D eigenvalue weighted by Crippen LogP contribution is -2.22. The summed E-state index contributed by atoms with van der Waals surface area (Å²) in [5, 5.41) is 6.94. The van der Waals surface area contributed by atoms with Gasteiger partial charge in [-0.3, -0.25) is 4.98 Å². The first-order valence-electron chi connectivity index (χ1n) is 6.48. The number of halogens is 3. The van der Waals surface area contributed by atoms with Crippen LogP contribution < -0.4 is 5.32 Å². The largest absolute Gasteiger partial charge is 0.416 e. The molecule has 0 radical (unpaired) electrons. The van der Waals surface area contributed by atoms with Gasteiger partial charge in [-0.1, -0.05) is 17.8 Å². The van der Waals surface area contributed by atoms with Gasteiger partial charge in [0.05, 0.1) is 22.2 Å². The molecule has 2 aromatic heterocycles. The van der Waals surface area contributed by atoms with Crippen molar-refractivity contribution in [3.63, 3.8) is 0 Å². The highest BCUT2D eigenvalue weighted by molar-refractivity contribution is 7.05. The minimum absolute atomic E-state index is 0.0934. The van der Waals surface area contributed by atoms with Crippen LogP contribution in [0.15, 0.2) is 18.5 Å². The van der Waals surface area contributed by atoms with Crippen LogP contribution >= 0.6 is 11.5 Å². The number of rotatable bonds is 5. The third-order valence-electron chi connectivity index (χ3n) is 3.09. The van der Waals surface area contributed by atoms with Crippen LogP contribution in [0.1, 0.15) is 41.1 Å². The molecule has 1 atom stereocenters. The van der Waals surface area contributed by atoms with E-state index < -0.39 is 17.8 Å². The van der Waals surface area contributed by atoms with E-state index in [0.29, 0.717) is 11.3 Å². The van der Waals surface area contributed by atoms with Crippen LogP contribution in [0, 0.1) is 0 Å². The summed E-state index contributed by atoms with van der Waals surface area (Å²) in [6.45, 7) is 1.99. The highest BCUT2D eigenvalue weighted by Gasteiger charge is 2.36. The summed E-state index contributed by atoms with van der Waals surface area (Å²) >= 11 is 1.12. The van der Waals surface area contributed by atoms with E-state index in [0.717, 1.165) is 35.9 Å². The van der Waals surface area contributed by atoms with Crippen molar-refractivity contribution in [2.45, 2.75) is 32.0 Å². The molecular formula is C13H15F3N4S. The van der Waals surface area contributed by atoms with Gasteiger partial charge in [0.15, 0.2) is 0 Å². The highest BCUT2D eigenvalue weighted by atomic mass is 32.1. The molecule has 0 aliphatic rings. The lowest BCUT2D eigenvalue weighted by Gasteiger charge is -2.20. The van der Waals surface area contributed by atoms with E-state index >= 15 is 0 Å². The topological polar surface area (TPSA) is 50.7 Å². The number of pyridine rings is 1. The summed E-state index contributed by atoms with van der Waals surface area (Å²) in [5.41, 5.74) is 0.141. The van der Waals surface area contributed by atoms with Gasteiger partial charge in [-0.15, -0.1) is 5.10 Å². The molecule has 1 unspecified atom stereocenters. The predicted molar refractivity (Wildman–Crippen MR) is 74.0 cm³/mol. The maximum absolute atomic E-state index is 13.2. The van der Waals surface area contributed by atoms with Crippen LogP contribution in [0.25, 0.3) is 0 Å². The van der Waals surface area contributed by atoms with Crippen LogP contribution in [-0.2, 0) is 12.6 Å². The molecule has 0 spiro atoms. The van der Waals surface area contributed by atoms with E-state index in [1.54, 1.807) is 7.05 Å². The Balaban J connectivity index is 2.50. The van der Waals surface area contributed by atoms with Crippen molar-refractivity contribution in [3.05, 3.63) is 40.2 Å². The monoisotopic (exact) mass is 316 g/mol. The Morgan fingerprint density at radius 1 is 1.38 bits per heavy atom. The standard InChI is InChI=1S/C13H15F3N4S/c1-3-4-10-12(21-20-19-10)11(17-2)8-7-18-6-5-9(8)13(14,15)16/h5-7,11,17H,3-4H2,1-2H3. The van der Waals surface area contributed by atoms with Crippen molar-refractivity contribution < 1.29 is 13.2 Å². The number of hydrogen-bond acceptors (Lipinski definition) is 5. The van der Waals surface area contributed by atoms with E-state index in [1.165, 1.54) is 6.20 Å². The van der Waals surface area contributed by atoms with Gasteiger partial charge in [0.2, 0.25) is 0 Å². The van der Waals surface area contributed by atoms with Crippen molar-refractivity contribution in [3.8, 4) is 0 Å². The van der Waals surface area contributed by atoms with Gasteiger partial charge in [0.25, 0.3) is 0 Å². The number of nitrogens with one attached hydrogen (secondary N) is 1. The predicted octanol–water partition coefficient (Wildman–Crippen LogP) is 3.21. The molecule has 0 bridgehead atoms. The molecule has 4 nitrogen and oxygen atoms in total. The Morgan fingerprint density at radius 2 is 2.14 bits per heavy atom. The number of aryl methyl sites for hydroxylation is 1. The Morgan fingerprint density at radius 3 is 2.76 bits per heavy atom. The summed E-state index contributed by atoms with van der Waals surface area (Å²) in [6, 6.07) is 0.380. The SMILES string of the molecule is CCCc1nnsc1C(NC)c1cnccc1C(F)(F)F. The molecule has 8 heteroatoms. The lowest BCUT2D eigenvalue weighted by molar-refractivity contribution is -0.138. The number of nitrogens with zero attached hydrogens (tertiary/aromatic N) is 3. The molecule has 0 aliphatic heterocycles. The Labute approximate surface area is 124 Å². The fourth-order valence-electron chi connectivity index (χ4n) is 2.17. The molecule has 2 rings (SSSR count). The van der Waals surface area contributed by atoms with Gasteiger partial charge in [0, 0.05) is 18.0 Å². The minimum Gasteiger partial charge on any atom is -0.308 e. The van der Waals surface area contributed by atoms with Gasteiger partial charge in [-0.25, -0.2) is 0 Å². The van der Waals surface area contributed by atoms with Crippen LogP contribution in [0.3, 0.4) is 0 Å². The zero-order valence-electron chi connectivity index (χ0n) is 11.6. The van der Waals surface area contributed by atoms with Crippen LogP contribution in [-0.4, -0.2) is 21.6 Å². The van der Waals surface area contributed by atoms with Gasteiger partial charge >= 0.3 is 6.18 Å². The van der Waals surface area contributed by atoms with E-state index in [2.05, 4.69) is 19.9 Å². The highest BCUT2D eigenvalue weighted by Crippen LogP contribution is 2.37. The molecule has 0 saturated heterocycles. The zero-order valence-corrected chi connectivity index (χ0v) is 12.4. The van der Waals surface area contributed by atoms with Crippen molar-refractivity contribution >= 4 is 11.5 Å². The van der Waals surface area contributed by atoms with Crippen molar-refractivity contribution in [1.82, 2.24) is 19.9 Å². The molecule has 0 aromatic carbocycles. The lowest BCUT2D eigenvalue weighted by atomic mass is 9.99. The molecule has 0 aliphatic carbocycles. The Hall–Kier alpha value is -1.54. The van der Waals surface area contributed by atoms with Gasteiger partial charge in [-0.05, 0) is 31.1 Å². The Bertz CT molecular complexity index is 597. The number of aromatic nitrogens is 3. The van der Waals surface area contributed by atoms with Crippen molar-refractivity contribution in [2.75, 3.05) is 7.05 Å². The first-order valence-corrected chi connectivity index (χ1v) is 7.25. The fraction of sp³-hybridized carbons (Fsp3) is 0.462. The average Bonchev–Trinajstić information content (AvgIpc) is 2.88. The van der Waals surface area contributed by atoms with Crippen molar-refractivity contribution in [1.29, 1.82) is 0 Å². The van der Waals surface area contributed by atoms with Gasteiger partial charge < -0.3 is 5.32 Å². The van der Waals surface area contributed by atoms with Crippen LogP contribution in [0.5, 0.6) is 0 Å². The first-order chi connectivity index (χ1) is 9.99. The third kappa shape index (κ3) is 3.38. The second-order valence-corrected chi connectivity index (χ2v) is 5.30. The summed E-state index contributed by atoms with van der Waals surface area (Å²) in [5.74, 6) is 0. The summed E-state index contributed by atoms with van der Waals surface area (Å²) in [6.07, 6.45) is -0.480. The average molecular weight is 316 g/mol. The van der Waals surface area contributed by atoms with Crippen LogP contribution in [0.2, 0.25) is 0 Å². The normalized spacial score (nSPS) is 13.4. The van der Waals surface area contributed by atoms with E-state index in [9.17, 15) is 13.2 Å². The molecule has 0 saturated carbocycles. The molecule has 21 heavy (non-hydrogen) atoms. The van der Waals surface area contributed by atoms with E-state index in [1.807, 2.05) is 6.92 Å². The molecule has 1 N–H and O–H groups in total. The molecule has 114 valence electrons. The van der Waals surface area contributed by atoms with Gasteiger partial charge in [-0.2, -0.15) is 13.2 Å². The summed E-state index contributed by atoms with van der Waals surface area (Å²) in [7, 11) is 1.62. The molecule has 0 amide bonds. The van der Waals surface area contributed by atoms with E-state index in [-0.39, 0.29) is 5.56 Å². The van der Waals surface area contributed by atoms with Gasteiger partial charge in [0.1, 0.15) is 0 Å². The smallest absolute Gasteiger partial charge is 0.308 e. The Kier molecular flexibility index (Phi) is 4.89. The third-order valence-corrected chi connectivity index (χ3v) is 3.92. The first kappa shape index (κ1) is 15.8. The second kappa shape index (κ2) is 6.48. The summed E-state index contributed by atoms with van der Waals surface area (Å²) < 4.78 is 43.3. The number of hydrogen-bond donors (Lipinski definition) is 1. The molecule has 0 fully saturated rings. The van der Waals surface area contributed by atoms with Crippen molar-refractivity contribution in [2.24, 2.45) is 0 Å². The molecule has 2 heterocycles. The quantitative estimate of drug-likeness (QED) is 0.920. The summed E-state index contributed by atoms with van der Waals surface area (Å²) in [4.78, 5) is 4.54. The zero-order chi connectivity index (χ0) is 15.5. The molecule has 2 aromatic rings. The second-order valence-electron chi connectivity index (χ2n) is 4.52. The maximum atomic E-state index is 13.2. The van der Waals surface area contributed by atoms with E-state index in [4.69, 9.17) is 0 Å². The van der Waals surface area contributed by atoms with Crippen LogP contribution in [0.4, 0.5) is 13.2 Å². The number of alkyl halides is 3. The fourth-order valence-corrected chi connectivity index (χ4v) is 2.99.